The highest BCUT2D eigenvalue weighted by molar-refractivity contribution is 4.89. The van der Waals surface area contributed by atoms with Crippen molar-refractivity contribution in [3.8, 4) is 12.1 Å². The maximum atomic E-state index is 8.34. The lowest BCUT2D eigenvalue weighted by Crippen LogP contribution is -2.03. The van der Waals surface area contributed by atoms with Crippen LogP contribution in [0.15, 0.2) is 0 Å². The predicted octanol–water partition coefficient (Wildman–Crippen LogP) is 3.50. The quantitative estimate of drug-likeness (QED) is 0.620. The van der Waals surface area contributed by atoms with Gasteiger partial charge >= 0.3 is 0 Å². The van der Waals surface area contributed by atoms with Crippen molar-refractivity contribution in [2.24, 2.45) is 10.8 Å². The van der Waals surface area contributed by atoms with Gasteiger partial charge in [-0.05, 0) is 41.0 Å². The van der Waals surface area contributed by atoms with Crippen molar-refractivity contribution in [3.05, 3.63) is 0 Å². The number of nitrogens with zero attached hydrogens (tertiary/aromatic N) is 2. The van der Waals surface area contributed by atoms with Gasteiger partial charge in [0.15, 0.2) is 0 Å². The van der Waals surface area contributed by atoms with Crippen LogP contribution in [0.3, 0.4) is 0 Å². The molecule has 0 fully saturated rings. The summed E-state index contributed by atoms with van der Waals surface area (Å²) in [6.45, 7) is 11.5. The molecule has 0 bridgehead atoms. The Hall–Kier alpha value is -1.02. The summed E-state index contributed by atoms with van der Waals surface area (Å²) >= 11 is 0. The van der Waals surface area contributed by atoms with Crippen LogP contribution >= 0.6 is 0 Å². The minimum Gasteiger partial charge on any atom is -0.198 e. The molecule has 13 heavy (non-hydrogen) atoms. The molecule has 0 aliphatic carbocycles. The Bertz CT molecular complexity index is 208. The zero-order valence-electron chi connectivity index (χ0n) is 9.60. The van der Waals surface area contributed by atoms with Gasteiger partial charge in [0.25, 0.3) is 0 Å². The lowest BCUT2D eigenvalue weighted by molar-refractivity contribution is 0.477. The molecular formula is C11H20N2. The van der Waals surface area contributed by atoms with Crippen LogP contribution in [0.1, 0.15) is 48.0 Å². The van der Waals surface area contributed by atoms with Gasteiger partial charge in [0.2, 0.25) is 0 Å². The molecule has 0 aromatic heterocycles. The standard InChI is InChI=1S/C6H11N.C5H9N/c1-4-6(2,3)5-7;1-5(2,3)4-6/h4H2,1-3H3;1-3H3. The molecule has 0 saturated heterocycles. The maximum absolute atomic E-state index is 8.34. The van der Waals surface area contributed by atoms with Crippen LogP contribution in [0.2, 0.25) is 0 Å². The number of rotatable bonds is 1. The Morgan fingerprint density at radius 1 is 0.923 bits per heavy atom. The molecule has 74 valence electrons. The molecule has 0 spiro atoms. The Kier molecular flexibility index (Phi) is 6.24. The van der Waals surface area contributed by atoms with Gasteiger partial charge in [-0.3, -0.25) is 0 Å². The van der Waals surface area contributed by atoms with Gasteiger partial charge in [0, 0.05) is 5.41 Å². The molecule has 0 atom stereocenters. The molecule has 0 radical (unpaired) electrons. The summed E-state index contributed by atoms with van der Waals surface area (Å²) in [5.41, 5.74) is -0.264. The van der Waals surface area contributed by atoms with Crippen molar-refractivity contribution in [1.82, 2.24) is 0 Å². The molecule has 0 amide bonds. The fraction of sp³-hybridized carbons (Fsp3) is 0.818. The Balaban J connectivity index is 0. The monoisotopic (exact) mass is 180 g/mol. The molecule has 2 nitrogen and oxygen atoms in total. The van der Waals surface area contributed by atoms with E-state index in [0.717, 1.165) is 6.42 Å². The molecule has 2 heteroatoms. The third-order valence-corrected chi connectivity index (χ3v) is 1.52. The first-order valence-corrected chi connectivity index (χ1v) is 4.51. The van der Waals surface area contributed by atoms with Crippen molar-refractivity contribution < 1.29 is 0 Å². The maximum Gasteiger partial charge on any atom is 0.0683 e. The molecule has 0 N–H and O–H groups in total. The van der Waals surface area contributed by atoms with Gasteiger partial charge in [-0.2, -0.15) is 10.5 Å². The van der Waals surface area contributed by atoms with Crippen LogP contribution in [0.5, 0.6) is 0 Å². The summed E-state index contributed by atoms with van der Waals surface area (Å²) in [4.78, 5) is 0. The molecule has 0 unspecified atom stereocenters. The minimum atomic E-state index is -0.153. The van der Waals surface area contributed by atoms with Crippen molar-refractivity contribution in [2.75, 3.05) is 0 Å². The molecule has 0 aliphatic rings. The van der Waals surface area contributed by atoms with Gasteiger partial charge in [-0.1, -0.05) is 6.92 Å². The summed E-state index contributed by atoms with van der Waals surface area (Å²) in [7, 11) is 0. The first kappa shape index (κ1) is 14.5. The number of hydrogen-bond donors (Lipinski definition) is 0. The average molecular weight is 180 g/mol. The largest absolute Gasteiger partial charge is 0.198 e. The first-order chi connectivity index (χ1) is 5.68. The predicted molar refractivity (Wildman–Crippen MR) is 54.8 cm³/mol. The fourth-order valence-electron chi connectivity index (χ4n) is 0.0791. The van der Waals surface area contributed by atoms with Crippen LogP contribution < -0.4 is 0 Å². The number of hydrogen-bond acceptors (Lipinski definition) is 2. The Morgan fingerprint density at radius 3 is 1.23 bits per heavy atom. The van der Waals surface area contributed by atoms with E-state index in [4.69, 9.17) is 10.5 Å². The summed E-state index contributed by atoms with van der Waals surface area (Å²) in [5.74, 6) is 0. The number of nitriles is 2. The van der Waals surface area contributed by atoms with Crippen LogP contribution in [-0.2, 0) is 0 Å². The average Bonchev–Trinajstić information content (AvgIpc) is 2.04. The van der Waals surface area contributed by atoms with Crippen LogP contribution in [0.25, 0.3) is 0 Å². The topological polar surface area (TPSA) is 47.6 Å². The van der Waals surface area contributed by atoms with Crippen LogP contribution in [0.4, 0.5) is 0 Å². The lowest BCUT2D eigenvalue weighted by atomic mass is 9.93. The minimum absolute atomic E-state index is 0.111. The smallest absolute Gasteiger partial charge is 0.0683 e. The second-order valence-corrected chi connectivity index (χ2v) is 4.71. The summed E-state index contributed by atoms with van der Waals surface area (Å²) < 4.78 is 0. The fourth-order valence-corrected chi connectivity index (χ4v) is 0.0791. The van der Waals surface area contributed by atoms with Crippen molar-refractivity contribution in [1.29, 1.82) is 10.5 Å². The molecule has 0 aromatic carbocycles. The van der Waals surface area contributed by atoms with E-state index in [2.05, 4.69) is 12.1 Å². The Labute approximate surface area is 82.2 Å². The van der Waals surface area contributed by atoms with E-state index in [-0.39, 0.29) is 10.8 Å². The second-order valence-electron chi connectivity index (χ2n) is 4.71. The molecule has 0 heterocycles. The molecule has 0 rings (SSSR count). The van der Waals surface area contributed by atoms with Crippen molar-refractivity contribution in [3.63, 3.8) is 0 Å². The third-order valence-electron chi connectivity index (χ3n) is 1.52. The van der Waals surface area contributed by atoms with E-state index in [1.165, 1.54) is 0 Å². The highest BCUT2D eigenvalue weighted by atomic mass is 14.3. The molecular weight excluding hydrogens is 160 g/mol. The van der Waals surface area contributed by atoms with Gasteiger partial charge < -0.3 is 0 Å². The van der Waals surface area contributed by atoms with Crippen molar-refractivity contribution in [2.45, 2.75) is 48.0 Å². The van der Waals surface area contributed by atoms with Crippen LogP contribution in [0, 0.1) is 33.5 Å². The zero-order valence-corrected chi connectivity index (χ0v) is 9.60. The first-order valence-electron chi connectivity index (χ1n) is 4.51. The second kappa shape index (κ2) is 5.60. The highest BCUT2D eigenvalue weighted by Crippen LogP contribution is 2.16. The molecule has 0 aromatic rings. The van der Waals surface area contributed by atoms with Crippen molar-refractivity contribution >= 4 is 0 Å². The SMILES string of the molecule is CC(C)(C)C#N.CCC(C)(C)C#N. The van der Waals surface area contributed by atoms with E-state index >= 15 is 0 Å². The Morgan fingerprint density at radius 2 is 1.23 bits per heavy atom. The third kappa shape index (κ3) is 13.9. The van der Waals surface area contributed by atoms with Gasteiger partial charge in [-0.15, -0.1) is 0 Å². The van der Waals surface area contributed by atoms with Gasteiger partial charge in [0.1, 0.15) is 0 Å². The van der Waals surface area contributed by atoms with Gasteiger partial charge in [-0.25, -0.2) is 0 Å². The van der Waals surface area contributed by atoms with Crippen LogP contribution in [-0.4, -0.2) is 0 Å². The van der Waals surface area contributed by atoms with Gasteiger partial charge in [0.05, 0.1) is 17.6 Å². The van der Waals surface area contributed by atoms with E-state index < -0.39 is 0 Å². The van der Waals surface area contributed by atoms with E-state index in [9.17, 15) is 0 Å². The van der Waals surface area contributed by atoms with E-state index in [0.29, 0.717) is 0 Å². The molecule has 0 saturated carbocycles. The zero-order chi connectivity index (χ0) is 11.1. The van der Waals surface area contributed by atoms with E-state index in [1.54, 1.807) is 0 Å². The summed E-state index contributed by atoms with van der Waals surface area (Å²) in [6, 6.07) is 4.30. The molecule has 0 aliphatic heterocycles. The van der Waals surface area contributed by atoms with E-state index in [1.807, 2.05) is 41.5 Å². The summed E-state index contributed by atoms with van der Waals surface area (Å²) in [5, 5.41) is 16.5. The normalized spacial score (nSPS) is 10.5. The highest BCUT2D eigenvalue weighted by Gasteiger charge is 2.11. The lowest BCUT2D eigenvalue weighted by Gasteiger charge is -2.08. The summed E-state index contributed by atoms with van der Waals surface area (Å²) in [6.07, 6.45) is 0.934.